The van der Waals surface area contributed by atoms with Crippen LogP contribution in [0.1, 0.15) is 24.2 Å². The normalized spacial score (nSPS) is 12.2. The van der Waals surface area contributed by atoms with E-state index in [1.807, 2.05) is 0 Å². The highest BCUT2D eigenvalue weighted by Crippen LogP contribution is 2.26. The van der Waals surface area contributed by atoms with Crippen molar-refractivity contribution in [2.24, 2.45) is 0 Å². The number of benzene rings is 1. The highest BCUT2D eigenvalue weighted by molar-refractivity contribution is 5.34. The standard InChI is InChI=1S/C14H14FNO2/c1-9-4-3-5-12(14(9)15)18-13-8-11(10(2)17)6-7-16-13/h3-8,10,17H,1-2H3/t10-/m0/s1. The first-order valence-electron chi connectivity index (χ1n) is 5.65. The van der Waals surface area contributed by atoms with Crippen molar-refractivity contribution in [3.05, 3.63) is 53.5 Å². The van der Waals surface area contributed by atoms with Crippen LogP contribution >= 0.6 is 0 Å². The number of aromatic nitrogens is 1. The van der Waals surface area contributed by atoms with Crippen molar-refractivity contribution in [1.29, 1.82) is 0 Å². The van der Waals surface area contributed by atoms with E-state index in [0.717, 1.165) is 0 Å². The van der Waals surface area contributed by atoms with Crippen molar-refractivity contribution >= 4 is 0 Å². The Morgan fingerprint density at radius 2 is 2.11 bits per heavy atom. The van der Waals surface area contributed by atoms with E-state index in [2.05, 4.69) is 4.98 Å². The summed E-state index contributed by atoms with van der Waals surface area (Å²) in [7, 11) is 0. The van der Waals surface area contributed by atoms with Gasteiger partial charge < -0.3 is 9.84 Å². The molecule has 1 heterocycles. The average Bonchev–Trinajstić information content (AvgIpc) is 2.35. The third kappa shape index (κ3) is 2.65. The highest BCUT2D eigenvalue weighted by Gasteiger charge is 2.09. The Morgan fingerprint density at radius 3 is 2.83 bits per heavy atom. The summed E-state index contributed by atoms with van der Waals surface area (Å²) in [4.78, 5) is 3.99. The van der Waals surface area contributed by atoms with E-state index in [1.165, 1.54) is 6.20 Å². The van der Waals surface area contributed by atoms with Crippen LogP contribution in [0, 0.1) is 12.7 Å². The first-order valence-corrected chi connectivity index (χ1v) is 5.65. The molecular weight excluding hydrogens is 233 g/mol. The minimum absolute atomic E-state index is 0.130. The molecule has 0 aliphatic rings. The van der Waals surface area contributed by atoms with E-state index in [0.29, 0.717) is 11.1 Å². The second-order valence-corrected chi connectivity index (χ2v) is 4.09. The minimum Gasteiger partial charge on any atom is -0.436 e. The number of hydrogen-bond acceptors (Lipinski definition) is 3. The van der Waals surface area contributed by atoms with E-state index in [9.17, 15) is 9.50 Å². The maximum absolute atomic E-state index is 13.7. The third-order valence-electron chi connectivity index (χ3n) is 2.61. The SMILES string of the molecule is Cc1cccc(Oc2cc([C@H](C)O)ccn2)c1F. The number of ether oxygens (including phenoxy) is 1. The molecule has 1 aromatic carbocycles. The maximum Gasteiger partial charge on any atom is 0.219 e. The summed E-state index contributed by atoms with van der Waals surface area (Å²) in [5, 5.41) is 9.46. The molecule has 0 aliphatic heterocycles. The Morgan fingerprint density at radius 1 is 1.33 bits per heavy atom. The molecule has 3 nitrogen and oxygen atoms in total. The number of aliphatic hydroxyl groups excluding tert-OH is 1. The lowest BCUT2D eigenvalue weighted by Crippen LogP contribution is -1.96. The molecular formula is C14H14FNO2. The quantitative estimate of drug-likeness (QED) is 0.904. The topological polar surface area (TPSA) is 42.4 Å². The van der Waals surface area contributed by atoms with Crippen molar-refractivity contribution in [2.45, 2.75) is 20.0 Å². The molecule has 94 valence electrons. The first kappa shape index (κ1) is 12.5. The van der Waals surface area contributed by atoms with Crippen LogP contribution in [-0.2, 0) is 0 Å². The summed E-state index contributed by atoms with van der Waals surface area (Å²) in [5.41, 5.74) is 1.19. The van der Waals surface area contributed by atoms with Crippen LogP contribution in [0.2, 0.25) is 0 Å². The minimum atomic E-state index is -0.613. The Balaban J connectivity index is 2.28. The van der Waals surface area contributed by atoms with Gasteiger partial charge in [0.2, 0.25) is 5.88 Å². The number of aryl methyl sites for hydroxylation is 1. The summed E-state index contributed by atoms with van der Waals surface area (Å²) >= 11 is 0. The lowest BCUT2D eigenvalue weighted by molar-refractivity contribution is 0.198. The molecule has 0 fully saturated rings. The number of nitrogens with zero attached hydrogens (tertiary/aromatic N) is 1. The second-order valence-electron chi connectivity index (χ2n) is 4.09. The molecule has 0 aliphatic carbocycles. The van der Waals surface area contributed by atoms with Gasteiger partial charge in [-0.3, -0.25) is 0 Å². The second kappa shape index (κ2) is 5.14. The fourth-order valence-electron chi connectivity index (χ4n) is 1.55. The number of rotatable bonds is 3. The zero-order valence-electron chi connectivity index (χ0n) is 10.2. The Labute approximate surface area is 105 Å². The summed E-state index contributed by atoms with van der Waals surface area (Å²) in [6, 6.07) is 8.20. The number of halogens is 1. The summed E-state index contributed by atoms with van der Waals surface area (Å²) < 4.78 is 19.1. The zero-order valence-corrected chi connectivity index (χ0v) is 10.2. The lowest BCUT2D eigenvalue weighted by Gasteiger charge is -2.09. The molecule has 0 saturated carbocycles. The molecule has 0 amide bonds. The van der Waals surface area contributed by atoms with Crippen molar-refractivity contribution in [1.82, 2.24) is 4.98 Å². The van der Waals surface area contributed by atoms with Crippen LogP contribution in [0.15, 0.2) is 36.5 Å². The van der Waals surface area contributed by atoms with Crippen LogP contribution in [0.5, 0.6) is 11.6 Å². The van der Waals surface area contributed by atoms with Crippen LogP contribution in [0.25, 0.3) is 0 Å². The fraction of sp³-hybridized carbons (Fsp3) is 0.214. The Hall–Kier alpha value is -1.94. The van der Waals surface area contributed by atoms with Crippen molar-refractivity contribution in [2.75, 3.05) is 0 Å². The molecule has 0 unspecified atom stereocenters. The maximum atomic E-state index is 13.7. The smallest absolute Gasteiger partial charge is 0.219 e. The summed E-state index contributed by atoms with van der Waals surface area (Å²) in [6.45, 7) is 3.31. The molecule has 0 spiro atoms. The van der Waals surface area contributed by atoms with Gasteiger partial charge in [-0.25, -0.2) is 9.37 Å². The molecule has 0 radical (unpaired) electrons. The predicted octanol–water partition coefficient (Wildman–Crippen LogP) is 3.37. The first-order chi connectivity index (χ1) is 8.58. The molecule has 4 heteroatoms. The largest absolute Gasteiger partial charge is 0.436 e. The van der Waals surface area contributed by atoms with Gasteiger partial charge >= 0.3 is 0 Å². The van der Waals surface area contributed by atoms with Crippen molar-refractivity contribution < 1.29 is 14.2 Å². The predicted molar refractivity (Wildman–Crippen MR) is 66.1 cm³/mol. The molecule has 2 rings (SSSR count). The zero-order chi connectivity index (χ0) is 13.1. The number of hydrogen-bond donors (Lipinski definition) is 1. The third-order valence-corrected chi connectivity index (χ3v) is 2.61. The van der Waals surface area contributed by atoms with Crippen LogP contribution in [-0.4, -0.2) is 10.1 Å². The van der Waals surface area contributed by atoms with Gasteiger partial charge in [-0.1, -0.05) is 12.1 Å². The van der Waals surface area contributed by atoms with Crippen LogP contribution in [0.4, 0.5) is 4.39 Å². The van der Waals surface area contributed by atoms with Gasteiger partial charge in [0.25, 0.3) is 0 Å². The van der Waals surface area contributed by atoms with Crippen LogP contribution in [0.3, 0.4) is 0 Å². The summed E-state index contributed by atoms with van der Waals surface area (Å²) in [6.07, 6.45) is 0.906. The Kier molecular flexibility index (Phi) is 3.58. The van der Waals surface area contributed by atoms with Crippen LogP contribution < -0.4 is 4.74 Å². The van der Waals surface area contributed by atoms with Gasteiger partial charge in [0.1, 0.15) is 0 Å². The van der Waals surface area contributed by atoms with Gasteiger partial charge in [0, 0.05) is 12.3 Å². The molecule has 2 aromatic rings. The van der Waals surface area contributed by atoms with Gasteiger partial charge in [0.05, 0.1) is 6.10 Å². The Bertz CT molecular complexity index is 555. The van der Waals surface area contributed by atoms with Gasteiger partial charge in [-0.15, -0.1) is 0 Å². The van der Waals surface area contributed by atoms with Crippen molar-refractivity contribution in [3.63, 3.8) is 0 Å². The van der Waals surface area contributed by atoms with E-state index in [4.69, 9.17) is 4.74 Å². The summed E-state index contributed by atoms with van der Waals surface area (Å²) in [5.74, 6) is -0.00936. The molecule has 1 N–H and O–H groups in total. The molecule has 1 aromatic heterocycles. The molecule has 1 atom stereocenters. The molecule has 18 heavy (non-hydrogen) atoms. The molecule has 0 saturated heterocycles. The molecule has 0 bridgehead atoms. The number of pyridine rings is 1. The van der Waals surface area contributed by atoms with E-state index >= 15 is 0 Å². The van der Waals surface area contributed by atoms with Crippen molar-refractivity contribution in [3.8, 4) is 11.6 Å². The van der Waals surface area contributed by atoms with E-state index in [1.54, 1.807) is 44.2 Å². The fourth-order valence-corrected chi connectivity index (χ4v) is 1.55. The van der Waals surface area contributed by atoms with Gasteiger partial charge in [0.15, 0.2) is 11.6 Å². The monoisotopic (exact) mass is 247 g/mol. The number of aliphatic hydroxyl groups is 1. The van der Waals surface area contributed by atoms with E-state index < -0.39 is 11.9 Å². The lowest BCUT2D eigenvalue weighted by atomic mass is 10.2. The van der Waals surface area contributed by atoms with Gasteiger partial charge in [-0.05, 0) is 37.1 Å². The average molecular weight is 247 g/mol. The van der Waals surface area contributed by atoms with E-state index in [-0.39, 0.29) is 11.6 Å². The highest BCUT2D eigenvalue weighted by atomic mass is 19.1. The van der Waals surface area contributed by atoms with Gasteiger partial charge in [-0.2, -0.15) is 0 Å².